The van der Waals surface area contributed by atoms with Crippen molar-refractivity contribution in [3.05, 3.63) is 64.8 Å². The van der Waals surface area contributed by atoms with Crippen molar-refractivity contribution >= 4 is 0 Å². The minimum absolute atomic E-state index is 0.0738. The Morgan fingerprint density at radius 3 is 2.82 bits per heavy atom. The van der Waals surface area contributed by atoms with Crippen LogP contribution in [0.25, 0.3) is 0 Å². The average Bonchev–Trinajstić information content (AvgIpc) is 2.32. The van der Waals surface area contributed by atoms with E-state index in [2.05, 4.69) is 0 Å². The lowest BCUT2D eigenvalue weighted by molar-refractivity contribution is 0.295. The lowest BCUT2D eigenvalue weighted by atomic mass is 10.3. The summed E-state index contributed by atoms with van der Waals surface area (Å²) in [7, 11) is 0. The molecule has 0 atom stereocenters. The van der Waals surface area contributed by atoms with Crippen LogP contribution >= 0.6 is 0 Å². The Morgan fingerprint density at radius 2 is 2.06 bits per heavy atom. The second-order valence-corrected chi connectivity index (χ2v) is 3.54. The molecule has 2 rings (SSSR count). The predicted octanol–water partition coefficient (Wildman–Crippen LogP) is 2.07. The molecule has 0 spiro atoms. The van der Waals surface area contributed by atoms with Crippen LogP contribution in [0.4, 0.5) is 4.39 Å². The molecule has 88 valence electrons. The van der Waals surface area contributed by atoms with E-state index in [9.17, 15) is 9.18 Å². The number of rotatable bonds is 4. The molecule has 17 heavy (non-hydrogen) atoms. The zero-order chi connectivity index (χ0) is 12.1. The normalized spacial score (nSPS) is 10.2. The molecule has 0 radical (unpaired) electrons. The molecule has 0 saturated carbocycles. The van der Waals surface area contributed by atoms with Gasteiger partial charge in [0, 0.05) is 18.3 Å². The van der Waals surface area contributed by atoms with Gasteiger partial charge < -0.3 is 9.30 Å². The highest BCUT2D eigenvalue weighted by molar-refractivity contribution is 5.22. The molecule has 0 aliphatic carbocycles. The van der Waals surface area contributed by atoms with E-state index in [1.165, 1.54) is 18.2 Å². The molecule has 0 saturated heterocycles. The van der Waals surface area contributed by atoms with Gasteiger partial charge in [0.25, 0.3) is 5.56 Å². The molecule has 2 aromatic rings. The van der Waals surface area contributed by atoms with Gasteiger partial charge in [0.05, 0.1) is 6.54 Å². The lowest BCUT2D eigenvalue weighted by Gasteiger charge is -2.07. The quantitative estimate of drug-likeness (QED) is 0.809. The van der Waals surface area contributed by atoms with Crippen LogP contribution < -0.4 is 10.3 Å². The summed E-state index contributed by atoms with van der Waals surface area (Å²) >= 11 is 0. The van der Waals surface area contributed by atoms with Gasteiger partial charge in [0.1, 0.15) is 18.2 Å². The number of pyridine rings is 1. The molecule has 1 aromatic heterocycles. The van der Waals surface area contributed by atoms with Gasteiger partial charge >= 0.3 is 0 Å². The summed E-state index contributed by atoms with van der Waals surface area (Å²) in [4.78, 5) is 11.4. The van der Waals surface area contributed by atoms with Crippen molar-refractivity contribution in [1.29, 1.82) is 0 Å². The van der Waals surface area contributed by atoms with Crippen LogP contribution in [0.15, 0.2) is 53.5 Å². The van der Waals surface area contributed by atoms with Crippen LogP contribution in [0, 0.1) is 5.82 Å². The molecule has 0 aliphatic rings. The standard InChI is InChI=1S/C13H12FNO2/c14-11-4-3-5-12(10-11)17-9-8-15-7-2-1-6-13(15)16/h1-7,10H,8-9H2. The molecule has 0 bridgehead atoms. The smallest absolute Gasteiger partial charge is 0.250 e. The van der Waals surface area contributed by atoms with Crippen molar-refractivity contribution in [3.63, 3.8) is 0 Å². The maximum Gasteiger partial charge on any atom is 0.250 e. The van der Waals surface area contributed by atoms with Gasteiger partial charge in [0.15, 0.2) is 0 Å². The van der Waals surface area contributed by atoms with E-state index in [-0.39, 0.29) is 11.4 Å². The molecule has 0 unspecified atom stereocenters. The lowest BCUT2D eigenvalue weighted by Crippen LogP contribution is -2.21. The summed E-state index contributed by atoms with van der Waals surface area (Å²) in [5.74, 6) is 0.133. The molecule has 0 amide bonds. The Hall–Kier alpha value is -2.10. The van der Waals surface area contributed by atoms with Crippen molar-refractivity contribution in [3.8, 4) is 5.75 Å². The third-order valence-electron chi connectivity index (χ3n) is 2.30. The maximum absolute atomic E-state index is 12.8. The summed E-state index contributed by atoms with van der Waals surface area (Å²) in [6.07, 6.45) is 1.69. The number of aromatic nitrogens is 1. The van der Waals surface area contributed by atoms with E-state index in [0.29, 0.717) is 18.9 Å². The summed E-state index contributed by atoms with van der Waals surface area (Å²) in [6.45, 7) is 0.767. The van der Waals surface area contributed by atoms with Gasteiger partial charge in [-0.1, -0.05) is 12.1 Å². The molecule has 1 aromatic carbocycles. The predicted molar refractivity (Wildman–Crippen MR) is 62.6 cm³/mol. The fraction of sp³-hybridized carbons (Fsp3) is 0.154. The monoisotopic (exact) mass is 233 g/mol. The Labute approximate surface area is 98.1 Å². The SMILES string of the molecule is O=c1ccccn1CCOc1cccc(F)c1. The third kappa shape index (κ3) is 3.17. The minimum atomic E-state index is -0.334. The van der Waals surface area contributed by atoms with Crippen molar-refractivity contribution in [2.24, 2.45) is 0 Å². The summed E-state index contributed by atoms with van der Waals surface area (Å²) in [5, 5.41) is 0. The van der Waals surface area contributed by atoms with E-state index < -0.39 is 0 Å². The zero-order valence-corrected chi connectivity index (χ0v) is 9.17. The van der Waals surface area contributed by atoms with Crippen molar-refractivity contribution < 1.29 is 9.13 Å². The van der Waals surface area contributed by atoms with Gasteiger partial charge in [-0.2, -0.15) is 0 Å². The second kappa shape index (κ2) is 5.30. The Kier molecular flexibility index (Phi) is 3.55. The Morgan fingerprint density at radius 1 is 1.18 bits per heavy atom. The Bertz CT molecular complexity index is 551. The van der Waals surface area contributed by atoms with E-state index >= 15 is 0 Å². The van der Waals surface area contributed by atoms with Crippen LogP contribution in [0.5, 0.6) is 5.75 Å². The summed E-state index contributed by atoms with van der Waals surface area (Å²) in [6, 6.07) is 10.9. The van der Waals surface area contributed by atoms with E-state index in [1.807, 2.05) is 0 Å². The van der Waals surface area contributed by atoms with Gasteiger partial charge in [-0.15, -0.1) is 0 Å². The Balaban J connectivity index is 1.92. The first-order valence-electron chi connectivity index (χ1n) is 5.29. The number of benzene rings is 1. The molecule has 0 N–H and O–H groups in total. The maximum atomic E-state index is 12.8. The first-order chi connectivity index (χ1) is 8.25. The first kappa shape index (κ1) is 11.4. The fourth-order valence-corrected chi connectivity index (χ4v) is 1.46. The van der Waals surface area contributed by atoms with E-state index in [0.717, 1.165) is 0 Å². The molecule has 0 aliphatic heterocycles. The largest absolute Gasteiger partial charge is 0.492 e. The summed E-state index contributed by atoms with van der Waals surface area (Å²) < 4.78 is 19.7. The summed E-state index contributed by atoms with van der Waals surface area (Å²) in [5.41, 5.74) is -0.0738. The molecular formula is C13H12FNO2. The highest BCUT2D eigenvalue weighted by atomic mass is 19.1. The molecule has 3 nitrogen and oxygen atoms in total. The van der Waals surface area contributed by atoms with Crippen molar-refractivity contribution in [2.45, 2.75) is 6.54 Å². The van der Waals surface area contributed by atoms with E-state index in [1.54, 1.807) is 35.0 Å². The second-order valence-electron chi connectivity index (χ2n) is 3.54. The number of ether oxygens (including phenoxy) is 1. The van der Waals surface area contributed by atoms with Gasteiger partial charge in [-0.3, -0.25) is 4.79 Å². The number of halogens is 1. The minimum Gasteiger partial charge on any atom is -0.492 e. The molecular weight excluding hydrogens is 221 g/mol. The molecule has 4 heteroatoms. The molecule has 0 fully saturated rings. The van der Waals surface area contributed by atoms with E-state index in [4.69, 9.17) is 4.74 Å². The number of hydrogen-bond donors (Lipinski definition) is 0. The average molecular weight is 233 g/mol. The van der Waals surface area contributed by atoms with Gasteiger partial charge in [-0.25, -0.2) is 4.39 Å². The molecule has 1 heterocycles. The van der Waals surface area contributed by atoms with Gasteiger partial charge in [-0.05, 0) is 18.2 Å². The number of hydrogen-bond acceptors (Lipinski definition) is 2. The van der Waals surface area contributed by atoms with Crippen molar-refractivity contribution in [2.75, 3.05) is 6.61 Å². The topological polar surface area (TPSA) is 31.2 Å². The van der Waals surface area contributed by atoms with Crippen molar-refractivity contribution in [1.82, 2.24) is 4.57 Å². The highest BCUT2D eigenvalue weighted by Crippen LogP contribution is 2.11. The van der Waals surface area contributed by atoms with Gasteiger partial charge in [0.2, 0.25) is 0 Å². The highest BCUT2D eigenvalue weighted by Gasteiger charge is 1.97. The first-order valence-corrected chi connectivity index (χ1v) is 5.29. The fourth-order valence-electron chi connectivity index (χ4n) is 1.46. The van der Waals surface area contributed by atoms with Crippen LogP contribution in [0.3, 0.4) is 0 Å². The zero-order valence-electron chi connectivity index (χ0n) is 9.17. The van der Waals surface area contributed by atoms with Crippen LogP contribution in [0.2, 0.25) is 0 Å². The van der Waals surface area contributed by atoms with Crippen LogP contribution in [-0.4, -0.2) is 11.2 Å². The van der Waals surface area contributed by atoms with Crippen LogP contribution in [-0.2, 0) is 6.54 Å². The third-order valence-corrected chi connectivity index (χ3v) is 2.30. The number of nitrogens with zero attached hydrogens (tertiary/aromatic N) is 1. The van der Waals surface area contributed by atoms with Crippen LogP contribution in [0.1, 0.15) is 0 Å².